The van der Waals surface area contributed by atoms with Crippen LogP contribution in [0.4, 0.5) is 14.5 Å². The van der Waals surface area contributed by atoms with E-state index in [1.54, 1.807) is 6.07 Å². The summed E-state index contributed by atoms with van der Waals surface area (Å²) in [6.07, 6.45) is 0. The third-order valence-corrected chi connectivity index (χ3v) is 3.81. The molecule has 90 valence electrons. The molecule has 0 saturated carbocycles. The van der Waals surface area contributed by atoms with Crippen LogP contribution in [-0.4, -0.2) is 0 Å². The number of halogens is 4. The minimum atomic E-state index is -0.720. The second kappa shape index (κ2) is 5.21. The average Bonchev–Trinajstić information content (AvgIpc) is 2.62. The Kier molecular flexibility index (Phi) is 3.86. The summed E-state index contributed by atoms with van der Waals surface area (Å²) in [4.78, 5) is 0.867. The molecule has 0 aliphatic carbocycles. The van der Waals surface area contributed by atoms with Crippen LogP contribution in [0.1, 0.15) is 4.88 Å². The van der Waals surface area contributed by atoms with E-state index in [0.717, 1.165) is 17.0 Å². The SMILES string of the molecule is Fc1cc(F)c(NCc2sccc2Cl)c(Cl)c1. The number of hydrogen-bond donors (Lipinski definition) is 1. The number of nitrogens with one attached hydrogen (secondary N) is 1. The minimum Gasteiger partial charge on any atom is -0.377 e. The predicted octanol–water partition coefficient (Wildman–Crippen LogP) is 4.95. The van der Waals surface area contributed by atoms with Crippen LogP contribution in [0.25, 0.3) is 0 Å². The summed E-state index contributed by atoms with van der Waals surface area (Å²) >= 11 is 13.1. The fourth-order valence-electron chi connectivity index (χ4n) is 1.33. The highest BCUT2D eigenvalue weighted by atomic mass is 35.5. The molecule has 0 spiro atoms. The summed E-state index contributed by atoms with van der Waals surface area (Å²) in [6.45, 7) is 0.346. The standard InChI is InChI=1S/C11H7Cl2F2NS/c12-7-1-2-17-10(7)5-16-11-8(13)3-6(14)4-9(11)15/h1-4,16H,5H2. The lowest BCUT2D eigenvalue weighted by Gasteiger charge is -2.09. The van der Waals surface area contributed by atoms with Crippen LogP contribution in [0, 0.1) is 11.6 Å². The van der Waals surface area contributed by atoms with E-state index < -0.39 is 11.6 Å². The molecule has 0 radical (unpaired) electrons. The minimum absolute atomic E-state index is 0.00942. The first kappa shape index (κ1) is 12.6. The summed E-state index contributed by atoms with van der Waals surface area (Å²) in [5.74, 6) is -1.42. The van der Waals surface area contributed by atoms with E-state index in [0.29, 0.717) is 11.6 Å². The highest BCUT2D eigenvalue weighted by Crippen LogP contribution is 2.28. The lowest BCUT2D eigenvalue weighted by atomic mass is 10.3. The van der Waals surface area contributed by atoms with Crippen molar-refractivity contribution in [1.29, 1.82) is 0 Å². The molecule has 2 aromatic rings. The zero-order valence-electron chi connectivity index (χ0n) is 8.44. The van der Waals surface area contributed by atoms with Gasteiger partial charge in [-0.05, 0) is 17.5 Å². The molecule has 0 fully saturated rings. The number of thiophene rings is 1. The van der Waals surface area contributed by atoms with Gasteiger partial charge in [0.15, 0.2) is 5.82 Å². The van der Waals surface area contributed by atoms with Crippen LogP contribution >= 0.6 is 34.5 Å². The van der Waals surface area contributed by atoms with Gasteiger partial charge >= 0.3 is 0 Å². The van der Waals surface area contributed by atoms with Crippen LogP contribution < -0.4 is 5.32 Å². The van der Waals surface area contributed by atoms with Gasteiger partial charge in [0.05, 0.1) is 22.3 Å². The van der Waals surface area contributed by atoms with Crippen molar-refractivity contribution in [1.82, 2.24) is 0 Å². The molecule has 1 heterocycles. The summed E-state index contributed by atoms with van der Waals surface area (Å²) in [6, 6.07) is 3.60. The molecular formula is C11H7Cl2F2NS. The molecule has 0 saturated heterocycles. The van der Waals surface area contributed by atoms with Crippen molar-refractivity contribution in [3.8, 4) is 0 Å². The predicted molar refractivity (Wildman–Crippen MR) is 68.0 cm³/mol. The van der Waals surface area contributed by atoms with E-state index in [1.165, 1.54) is 11.3 Å². The number of anilines is 1. The van der Waals surface area contributed by atoms with Gasteiger partial charge in [0.2, 0.25) is 0 Å². The molecule has 0 aliphatic heterocycles. The van der Waals surface area contributed by atoms with E-state index in [1.807, 2.05) is 5.38 Å². The van der Waals surface area contributed by atoms with Crippen LogP contribution in [0.5, 0.6) is 0 Å². The molecule has 0 aliphatic rings. The lowest BCUT2D eigenvalue weighted by Crippen LogP contribution is -2.01. The van der Waals surface area contributed by atoms with Crippen molar-refractivity contribution in [3.05, 3.63) is 50.1 Å². The summed E-state index contributed by atoms with van der Waals surface area (Å²) in [7, 11) is 0. The second-order valence-corrected chi connectivity index (χ2v) is 5.10. The molecular weight excluding hydrogens is 287 g/mol. The number of rotatable bonds is 3. The lowest BCUT2D eigenvalue weighted by molar-refractivity contribution is 0.585. The molecule has 0 atom stereocenters. The topological polar surface area (TPSA) is 12.0 Å². The van der Waals surface area contributed by atoms with Crippen LogP contribution in [0.3, 0.4) is 0 Å². The van der Waals surface area contributed by atoms with Crippen molar-refractivity contribution in [2.75, 3.05) is 5.32 Å². The summed E-state index contributed by atoms with van der Waals surface area (Å²) in [5, 5.41) is 5.26. The van der Waals surface area contributed by atoms with Gasteiger partial charge in [-0.1, -0.05) is 23.2 Å². The molecule has 0 bridgehead atoms. The average molecular weight is 294 g/mol. The van der Waals surface area contributed by atoms with E-state index in [9.17, 15) is 8.78 Å². The van der Waals surface area contributed by atoms with Gasteiger partial charge in [-0.25, -0.2) is 8.78 Å². The molecule has 1 aromatic heterocycles. The Bertz CT molecular complexity index is 519. The fraction of sp³-hybridized carbons (Fsp3) is 0.0909. The molecule has 2 rings (SSSR count). The van der Waals surface area contributed by atoms with E-state index in [-0.39, 0.29) is 10.7 Å². The Hall–Kier alpha value is -0.840. The quantitative estimate of drug-likeness (QED) is 0.845. The van der Waals surface area contributed by atoms with Crippen molar-refractivity contribution in [3.63, 3.8) is 0 Å². The smallest absolute Gasteiger partial charge is 0.150 e. The van der Waals surface area contributed by atoms with Gasteiger partial charge < -0.3 is 5.32 Å². The highest BCUT2D eigenvalue weighted by molar-refractivity contribution is 7.10. The Morgan fingerprint density at radius 2 is 1.94 bits per heavy atom. The van der Waals surface area contributed by atoms with Crippen molar-refractivity contribution >= 4 is 40.2 Å². The van der Waals surface area contributed by atoms with E-state index in [4.69, 9.17) is 23.2 Å². The first-order chi connectivity index (χ1) is 8.08. The normalized spacial score (nSPS) is 10.6. The molecule has 6 heteroatoms. The zero-order valence-corrected chi connectivity index (χ0v) is 10.8. The van der Waals surface area contributed by atoms with Crippen LogP contribution in [0.15, 0.2) is 23.6 Å². The second-order valence-electron chi connectivity index (χ2n) is 3.29. The molecule has 0 amide bonds. The molecule has 1 N–H and O–H groups in total. The first-order valence-electron chi connectivity index (χ1n) is 4.68. The number of benzene rings is 1. The van der Waals surface area contributed by atoms with Gasteiger partial charge in [-0.15, -0.1) is 11.3 Å². The number of hydrogen-bond acceptors (Lipinski definition) is 2. The highest BCUT2D eigenvalue weighted by Gasteiger charge is 2.10. The molecule has 17 heavy (non-hydrogen) atoms. The monoisotopic (exact) mass is 293 g/mol. The first-order valence-corrected chi connectivity index (χ1v) is 6.32. The third kappa shape index (κ3) is 2.89. The van der Waals surface area contributed by atoms with E-state index in [2.05, 4.69) is 5.32 Å². The van der Waals surface area contributed by atoms with Crippen molar-refractivity contribution < 1.29 is 8.78 Å². The Labute approximate surface area is 111 Å². The largest absolute Gasteiger partial charge is 0.377 e. The van der Waals surface area contributed by atoms with Gasteiger partial charge in [0, 0.05) is 10.9 Å². The van der Waals surface area contributed by atoms with Gasteiger partial charge in [0.1, 0.15) is 5.82 Å². The van der Waals surface area contributed by atoms with Crippen LogP contribution in [0.2, 0.25) is 10.0 Å². The molecule has 0 unspecified atom stereocenters. The zero-order chi connectivity index (χ0) is 12.4. The van der Waals surface area contributed by atoms with Crippen molar-refractivity contribution in [2.45, 2.75) is 6.54 Å². The van der Waals surface area contributed by atoms with E-state index >= 15 is 0 Å². The Morgan fingerprint density at radius 1 is 1.18 bits per heavy atom. The fourth-order valence-corrected chi connectivity index (χ4v) is 2.63. The Balaban J connectivity index is 2.17. The Morgan fingerprint density at radius 3 is 2.53 bits per heavy atom. The van der Waals surface area contributed by atoms with Crippen molar-refractivity contribution in [2.24, 2.45) is 0 Å². The van der Waals surface area contributed by atoms with Crippen LogP contribution in [-0.2, 0) is 6.54 Å². The summed E-state index contributed by atoms with van der Waals surface area (Å²) < 4.78 is 26.2. The maximum absolute atomic E-state index is 13.4. The maximum Gasteiger partial charge on any atom is 0.150 e. The van der Waals surface area contributed by atoms with Gasteiger partial charge in [-0.3, -0.25) is 0 Å². The third-order valence-electron chi connectivity index (χ3n) is 2.12. The van der Waals surface area contributed by atoms with Gasteiger partial charge in [-0.2, -0.15) is 0 Å². The molecule has 1 nitrogen and oxygen atoms in total. The van der Waals surface area contributed by atoms with Gasteiger partial charge in [0.25, 0.3) is 0 Å². The summed E-state index contributed by atoms with van der Waals surface area (Å²) in [5.41, 5.74) is 0.0810. The maximum atomic E-state index is 13.4. The molecule has 1 aromatic carbocycles.